The molecule has 2 aliphatic heterocycles. The van der Waals surface area contributed by atoms with E-state index in [-0.39, 0.29) is 29.8 Å². The van der Waals surface area contributed by atoms with Gasteiger partial charge in [0.15, 0.2) is 0 Å². The highest BCUT2D eigenvalue weighted by molar-refractivity contribution is 6.02. The highest BCUT2D eigenvalue weighted by Crippen LogP contribution is 2.31. The van der Waals surface area contributed by atoms with Crippen LogP contribution in [0.1, 0.15) is 23.4 Å². The molecule has 2 saturated heterocycles. The molecule has 0 aromatic carbocycles. The number of amides is 2. The predicted octanol–water partition coefficient (Wildman–Crippen LogP) is 0.686. The van der Waals surface area contributed by atoms with Crippen molar-refractivity contribution in [2.75, 3.05) is 33.3 Å². The first-order valence-corrected chi connectivity index (χ1v) is 7.96. The number of piperidine rings is 1. The minimum Gasteiger partial charge on any atom is -0.363 e. The molecular weight excluding hydrogens is 312 g/mol. The van der Waals surface area contributed by atoms with Gasteiger partial charge in [0.05, 0.1) is 11.0 Å². The van der Waals surface area contributed by atoms with Crippen LogP contribution in [0.15, 0.2) is 22.9 Å². The molecule has 0 bridgehead atoms. The Bertz CT molecular complexity index is 794. The van der Waals surface area contributed by atoms with Gasteiger partial charge >= 0.3 is 0 Å². The van der Waals surface area contributed by atoms with Gasteiger partial charge < -0.3 is 19.1 Å². The Kier molecular flexibility index (Phi) is 3.49. The zero-order valence-corrected chi connectivity index (χ0v) is 13.4. The number of rotatable bonds is 1. The van der Waals surface area contributed by atoms with Crippen molar-refractivity contribution in [2.45, 2.75) is 18.4 Å². The van der Waals surface area contributed by atoms with Crippen molar-refractivity contribution in [1.29, 1.82) is 0 Å². The van der Waals surface area contributed by atoms with Gasteiger partial charge in [0.1, 0.15) is 6.61 Å². The molecule has 0 N–H and O–H groups in total. The maximum atomic E-state index is 12.7. The number of hydrogen-bond acceptors (Lipinski definition) is 6. The lowest BCUT2D eigenvalue weighted by Gasteiger charge is -2.45. The first-order chi connectivity index (χ1) is 11.6. The number of morpholine rings is 1. The Morgan fingerprint density at radius 1 is 1.33 bits per heavy atom. The van der Waals surface area contributed by atoms with Crippen molar-refractivity contribution in [3.8, 4) is 0 Å². The third-order valence-corrected chi connectivity index (χ3v) is 4.86. The summed E-state index contributed by atoms with van der Waals surface area (Å²) in [7, 11) is 1.79. The van der Waals surface area contributed by atoms with Crippen molar-refractivity contribution in [3.05, 3.63) is 24.1 Å². The number of likely N-dealkylation sites (N-methyl/N-ethyl adjacent to an activating group) is 1. The van der Waals surface area contributed by atoms with Gasteiger partial charge in [0, 0.05) is 32.9 Å². The summed E-state index contributed by atoms with van der Waals surface area (Å²) in [5, 5.41) is 4.46. The number of hydrogen-bond donors (Lipinski definition) is 0. The van der Waals surface area contributed by atoms with Crippen molar-refractivity contribution >= 4 is 22.8 Å². The number of carbonyl (C=O) groups excluding carboxylic acids is 2. The van der Waals surface area contributed by atoms with Gasteiger partial charge in [-0.2, -0.15) is 0 Å². The fourth-order valence-corrected chi connectivity index (χ4v) is 3.39. The third-order valence-electron chi connectivity index (χ3n) is 4.86. The SMILES string of the molecule is CN1CC2(CCN(C(=O)c3onc4ncccc34)CC2)OCC1=O. The second-order valence-electron chi connectivity index (χ2n) is 6.40. The average Bonchev–Trinajstić information content (AvgIpc) is 3.03. The molecule has 2 aromatic rings. The average molecular weight is 330 g/mol. The molecule has 2 aliphatic rings. The Hall–Kier alpha value is -2.48. The number of carbonyl (C=O) groups is 2. The largest absolute Gasteiger partial charge is 0.363 e. The van der Waals surface area contributed by atoms with Crippen LogP contribution < -0.4 is 0 Å². The summed E-state index contributed by atoms with van der Waals surface area (Å²) in [6.45, 7) is 1.80. The monoisotopic (exact) mass is 330 g/mol. The van der Waals surface area contributed by atoms with Gasteiger partial charge in [-0.3, -0.25) is 9.59 Å². The summed E-state index contributed by atoms with van der Waals surface area (Å²) < 4.78 is 11.0. The van der Waals surface area contributed by atoms with E-state index in [1.807, 2.05) is 0 Å². The molecule has 2 amide bonds. The van der Waals surface area contributed by atoms with Gasteiger partial charge in [0.2, 0.25) is 17.3 Å². The number of fused-ring (bicyclic) bond motifs is 1. The van der Waals surface area contributed by atoms with Gasteiger partial charge in [0.25, 0.3) is 5.91 Å². The van der Waals surface area contributed by atoms with E-state index in [0.717, 1.165) is 0 Å². The number of pyridine rings is 1. The fraction of sp³-hybridized carbons (Fsp3) is 0.500. The maximum Gasteiger partial charge on any atom is 0.293 e. The number of aromatic nitrogens is 2. The summed E-state index contributed by atoms with van der Waals surface area (Å²) in [6.07, 6.45) is 3.00. The van der Waals surface area contributed by atoms with Crippen LogP contribution in [0, 0.1) is 0 Å². The standard InChI is InChI=1S/C16H18N4O4/c1-19-10-16(23-9-12(19)21)4-7-20(8-5-16)15(22)13-11-3-2-6-17-14(11)18-24-13/h2-3,6H,4-5,7-10H2,1H3. The quantitative estimate of drug-likeness (QED) is 0.764. The topological polar surface area (TPSA) is 88.8 Å². The number of ether oxygens (including phenoxy) is 1. The molecule has 0 aliphatic carbocycles. The van der Waals surface area contributed by atoms with Crippen molar-refractivity contribution in [3.63, 3.8) is 0 Å². The van der Waals surface area contributed by atoms with Crippen LogP contribution in [-0.4, -0.2) is 70.6 Å². The van der Waals surface area contributed by atoms with Crippen LogP contribution in [0.5, 0.6) is 0 Å². The first kappa shape index (κ1) is 15.1. The van der Waals surface area contributed by atoms with Gasteiger partial charge in [-0.05, 0) is 25.0 Å². The van der Waals surface area contributed by atoms with Crippen LogP contribution in [-0.2, 0) is 9.53 Å². The van der Waals surface area contributed by atoms with Crippen LogP contribution in [0.25, 0.3) is 11.0 Å². The van der Waals surface area contributed by atoms with E-state index in [4.69, 9.17) is 9.26 Å². The first-order valence-electron chi connectivity index (χ1n) is 7.96. The second kappa shape index (κ2) is 5.55. The molecule has 0 unspecified atom stereocenters. The zero-order chi connectivity index (χ0) is 16.7. The zero-order valence-electron chi connectivity index (χ0n) is 13.4. The minimum absolute atomic E-state index is 0.000222. The molecule has 4 heterocycles. The lowest BCUT2D eigenvalue weighted by atomic mass is 9.89. The molecule has 0 radical (unpaired) electrons. The van der Waals surface area contributed by atoms with Gasteiger partial charge in [-0.25, -0.2) is 4.98 Å². The molecule has 2 aromatic heterocycles. The maximum absolute atomic E-state index is 12.7. The van der Waals surface area contributed by atoms with Crippen molar-refractivity contribution < 1.29 is 18.8 Å². The highest BCUT2D eigenvalue weighted by Gasteiger charge is 2.42. The van der Waals surface area contributed by atoms with Crippen LogP contribution in [0.2, 0.25) is 0 Å². The summed E-state index contributed by atoms with van der Waals surface area (Å²) in [5.74, 6) is 0.0475. The molecule has 126 valence electrons. The van der Waals surface area contributed by atoms with E-state index >= 15 is 0 Å². The molecule has 4 rings (SSSR count). The van der Waals surface area contributed by atoms with E-state index in [2.05, 4.69) is 10.1 Å². The molecule has 2 fully saturated rings. The highest BCUT2D eigenvalue weighted by atomic mass is 16.5. The van der Waals surface area contributed by atoms with Gasteiger partial charge in [-0.1, -0.05) is 5.16 Å². The molecule has 0 atom stereocenters. The Morgan fingerprint density at radius 3 is 2.88 bits per heavy atom. The summed E-state index contributed by atoms with van der Waals surface area (Å²) in [4.78, 5) is 31.8. The minimum atomic E-state index is -0.343. The summed E-state index contributed by atoms with van der Waals surface area (Å²) in [5.41, 5.74) is 0.0925. The molecule has 1 spiro atoms. The molecule has 8 nitrogen and oxygen atoms in total. The molecule has 24 heavy (non-hydrogen) atoms. The van der Waals surface area contributed by atoms with Crippen LogP contribution in [0.3, 0.4) is 0 Å². The third kappa shape index (κ3) is 2.43. The van der Waals surface area contributed by atoms with Crippen molar-refractivity contribution in [2.24, 2.45) is 0 Å². The molecule has 0 saturated carbocycles. The normalized spacial score (nSPS) is 20.8. The Balaban J connectivity index is 1.48. The van der Waals surface area contributed by atoms with E-state index in [0.29, 0.717) is 43.5 Å². The van der Waals surface area contributed by atoms with Gasteiger partial charge in [-0.15, -0.1) is 0 Å². The Morgan fingerprint density at radius 2 is 2.12 bits per heavy atom. The number of likely N-dealkylation sites (tertiary alicyclic amines) is 1. The number of nitrogens with zero attached hydrogens (tertiary/aromatic N) is 4. The lowest BCUT2D eigenvalue weighted by molar-refractivity contribution is -0.167. The van der Waals surface area contributed by atoms with E-state index in [1.165, 1.54) is 0 Å². The smallest absolute Gasteiger partial charge is 0.293 e. The molecule has 8 heteroatoms. The summed E-state index contributed by atoms with van der Waals surface area (Å²) >= 11 is 0. The Labute approximate surface area is 138 Å². The lowest BCUT2D eigenvalue weighted by Crippen LogP contribution is -2.58. The van der Waals surface area contributed by atoms with E-state index in [9.17, 15) is 9.59 Å². The van der Waals surface area contributed by atoms with Crippen LogP contribution >= 0.6 is 0 Å². The van der Waals surface area contributed by atoms with Crippen LogP contribution in [0.4, 0.5) is 0 Å². The molecular formula is C16H18N4O4. The predicted molar refractivity (Wildman–Crippen MR) is 83.3 cm³/mol. The van der Waals surface area contributed by atoms with Crippen molar-refractivity contribution in [1.82, 2.24) is 19.9 Å². The second-order valence-corrected chi connectivity index (χ2v) is 6.40. The summed E-state index contributed by atoms with van der Waals surface area (Å²) in [6, 6.07) is 3.53. The van der Waals surface area contributed by atoms with E-state index in [1.54, 1.807) is 35.2 Å². The fourth-order valence-electron chi connectivity index (χ4n) is 3.39. The van der Waals surface area contributed by atoms with E-state index < -0.39 is 0 Å².